The summed E-state index contributed by atoms with van der Waals surface area (Å²) < 4.78 is 0.213. The number of carbonyl (C=O) groups is 1. The van der Waals surface area contributed by atoms with Crippen LogP contribution >= 0.6 is 0 Å². The second-order valence-electron chi connectivity index (χ2n) is 2.76. The number of rotatable bonds is 3. The second-order valence-corrected chi connectivity index (χ2v) is 5.57. The Hall–Kier alpha value is -0.351. The topological polar surface area (TPSA) is 37.3 Å². The van der Waals surface area contributed by atoms with Gasteiger partial charge >= 0.3 is 84.6 Å². The second kappa shape index (κ2) is 4.62. The van der Waals surface area contributed by atoms with Gasteiger partial charge in [0.25, 0.3) is 0 Å². The zero-order valence-corrected chi connectivity index (χ0v) is 12.7. The van der Waals surface area contributed by atoms with Crippen molar-refractivity contribution < 1.29 is 9.90 Å². The van der Waals surface area contributed by atoms with E-state index >= 15 is 0 Å². The van der Waals surface area contributed by atoms with Crippen molar-refractivity contribution >= 4 is 26.3 Å². The van der Waals surface area contributed by atoms with E-state index in [1.807, 2.05) is 30.3 Å². The van der Waals surface area contributed by atoms with Crippen LogP contribution in [0.15, 0.2) is 30.3 Å². The van der Waals surface area contributed by atoms with Crippen molar-refractivity contribution in [3.8, 4) is 0 Å². The van der Waals surface area contributed by atoms with Crippen molar-refractivity contribution in [2.24, 2.45) is 0 Å². The Kier molecular flexibility index (Phi) is 3.75. The van der Waals surface area contributed by atoms with Crippen LogP contribution in [0.2, 0.25) is 0 Å². The van der Waals surface area contributed by atoms with E-state index in [4.69, 9.17) is 5.11 Å². The molecule has 0 aliphatic heterocycles. The van der Waals surface area contributed by atoms with Gasteiger partial charge in [-0.15, -0.1) is 0 Å². The summed E-state index contributed by atoms with van der Waals surface area (Å²) in [4.78, 5) is 11.1. The first-order chi connectivity index (χ1) is 5.75. The van der Waals surface area contributed by atoms with Crippen molar-refractivity contribution in [2.75, 3.05) is 6.61 Å². The summed E-state index contributed by atoms with van der Waals surface area (Å²) in [7, 11) is 0. The fourth-order valence-corrected chi connectivity index (χ4v) is 2.63. The molecule has 0 aromatic heterocycles. The first-order valence-electron chi connectivity index (χ1n) is 3.92. The molecule has 1 aromatic rings. The van der Waals surface area contributed by atoms with Crippen LogP contribution < -0.4 is 0 Å². The van der Waals surface area contributed by atoms with E-state index in [-0.39, 0.29) is 38.8 Å². The van der Waals surface area contributed by atoms with Crippen molar-refractivity contribution in [1.82, 2.24) is 0 Å². The maximum absolute atomic E-state index is 11.1. The summed E-state index contributed by atoms with van der Waals surface area (Å²) in [5.41, 5.74) is 0.934. The molecule has 1 unspecified atom stereocenters. The predicted molar refractivity (Wildman–Crippen MR) is 51.2 cm³/mol. The Morgan fingerprint density at radius 3 is 2.42 bits per heavy atom. The molecule has 2 nitrogen and oxygen atoms in total. The number of benzene rings is 1. The molecule has 1 atom stereocenters. The number of aliphatic hydroxyl groups is 1. The third kappa shape index (κ3) is 2.32. The minimum atomic E-state index is -0.262. The Balaban J connectivity index is 2.88. The molecule has 0 saturated carbocycles. The van der Waals surface area contributed by atoms with E-state index in [1.54, 1.807) is 0 Å². The minimum absolute atomic E-state index is 0.0123. The monoisotopic (exact) mass is 272 g/mol. The molecule has 64 valence electrons. The molecule has 0 aliphatic rings. The molecule has 1 aromatic carbocycles. The van der Waals surface area contributed by atoms with Gasteiger partial charge in [0.1, 0.15) is 0 Å². The van der Waals surface area contributed by atoms with Gasteiger partial charge in [-0.2, -0.15) is 0 Å². The van der Waals surface area contributed by atoms with Crippen molar-refractivity contribution in [1.29, 1.82) is 0 Å². The molecule has 3 heteroatoms. The van der Waals surface area contributed by atoms with Gasteiger partial charge in [0.15, 0.2) is 0 Å². The molecule has 1 N–H and O–H groups in total. The van der Waals surface area contributed by atoms with E-state index in [1.165, 1.54) is 0 Å². The molecule has 0 saturated heterocycles. The summed E-state index contributed by atoms with van der Waals surface area (Å²) in [6.07, 6.45) is 0. The van der Waals surface area contributed by atoms with E-state index < -0.39 is 0 Å². The van der Waals surface area contributed by atoms with Gasteiger partial charge in [-0.05, 0) is 0 Å². The Labute approximate surface area is 84.7 Å². The fraction of sp³-hybridized carbons (Fsp3) is 0.222. The number of hydrogen-bond donors (Lipinski definition) is 1. The first-order valence-corrected chi connectivity index (χ1v) is 6.77. The van der Waals surface area contributed by atoms with Gasteiger partial charge in [-0.25, -0.2) is 0 Å². The quantitative estimate of drug-likeness (QED) is 0.763. The normalized spacial score (nSPS) is 12.8. The molecule has 0 fully saturated rings. The molecule has 0 bridgehead atoms. The van der Waals surface area contributed by atoms with Crippen LogP contribution in [-0.4, -0.2) is 38.0 Å². The Morgan fingerprint density at radius 1 is 1.42 bits per heavy atom. The van der Waals surface area contributed by atoms with Gasteiger partial charge in [-0.1, -0.05) is 0 Å². The summed E-state index contributed by atoms with van der Waals surface area (Å²) in [6.45, 7) is -0.0593. The molecule has 0 heterocycles. The summed E-state index contributed by atoms with van der Waals surface area (Å²) in [5.74, 6) is -0.262. The van der Waals surface area contributed by atoms with Crippen molar-refractivity contribution in [3.05, 3.63) is 35.9 Å². The van der Waals surface area contributed by atoms with Crippen LogP contribution in [-0.2, 0) is 4.79 Å². The molecular weight excluding hydrogens is 259 g/mol. The number of carbonyl (C=O) groups excluding carboxylic acids is 1. The van der Waals surface area contributed by atoms with Gasteiger partial charge < -0.3 is 0 Å². The SMILES string of the molecule is O=[C]([SnH3])C(CO)c1ccccc1. The van der Waals surface area contributed by atoms with Gasteiger partial charge in [-0.3, -0.25) is 0 Å². The summed E-state index contributed by atoms with van der Waals surface area (Å²) in [5, 5.41) is 8.96. The van der Waals surface area contributed by atoms with Crippen LogP contribution in [0.3, 0.4) is 0 Å². The average Bonchev–Trinajstić information content (AvgIpc) is 2.07. The van der Waals surface area contributed by atoms with Gasteiger partial charge in [0, 0.05) is 0 Å². The molecule has 0 radical (unpaired) electrons. The fourth-order valence-electron chi connectivity index (χ4n) is 1.15. The summed E-state index contributed by atoms with van der Waals surface area (Å²) in [6, 6.07) is 9.44. The predicted octanol–water partition coefficient (Wildman–Crippen LogP) is -0.345. The number of hydrogen-bond acceptors (Lipinski definition) is 2. The Morgan fingerprint density at radius 2 is 2.00 bits per heavy atom. The average molecular weight is 271 g/mol. The van der Waals surface area contributed by atoms with E-state index in [2.05, 4.69) is 0 Å². The standard InChI is InChI=1S/C9H9O2.Sn.3H/c10-6-9(7-11)8-4-2-1-3-5-8;;;;/h1-5,9-10H,6H2;;;;. The maximum atomic E-state index is 11.1. The molecule has 0 aliphatic carbocycles. The van der Waals surface area contributed by atoms with Crippen LogP contribution in [0.25, 0.3) is 0 Å². The van der Waals surface area contributed by atoms with Crippen LogP contribution in [0.1, 0.15) is 11.5 Å². The van der Waals surface area contributed by atoms with E-state index in [0.29, 0.717) is 0 Å². The van der Waals surface area contributed by atoms with Crippen LogP contribution in [0, 0.1) is 0 Å². The van der Waals surface area contributed by atoms with Gasteiger partial charge in [0.05, 0.1) is 0 Å². The molecule has 12 heavy (non-hydrogen) atoms. The zero-order chi connectivity index (χ0) is 8.97. The zero-order valence-electron chi connectivity index (χ0n) is 7.03. The first kappa shape index (κ1) is 9.73. The van der Waals surface area contributed by atoms with Crippen LogP contribution in [0.5, 0.6) is 0 Å². The molecule has 0 spiro atoms. The Bertz CT molecular complexity index is 258. The van der Waals surface area contributed by atoms with Crippen LogP contribution in [0.4, 0.5) is 0 Å². The van der Waals surface area contributed by atoms with Crippen molar-refractivity contribution in [3.63, 3.8) is 0 Å². The number of aliphatic hydroxyl groups excluding tert-OH is 1. The molecule has 1 rings (SSSR count). The molecular formula is C9H12O2Sn. The summed E-state index contributed by atoms with van der Waals surface area (Å²) >= 11 is -0.0123. The van der Waals surface area contributed by atoms with E-state index in [0.717, 1.165) is 5.56 Å². The van der Waals surface area contributed by atoms with Gasteiger partial charge in [0.2, 0.25) is 0 Å². The van der Waals surface area contributed by atoms with Crippen molar-refractivity contribution in [2.45, 2.75) is 5.92 Å². The third-order valence-corrected chi connectivity index (χ3v) is 3.86. The molecule has 0 amide bonds. The third-order valence-electron chi connectivity index (χ3n) is 1.88. The van der Waals surface area contributed by atoms with E-state index in [9.17, 15) is 4.79 Å².